The molecule has 0 saturated carbocycles. The largest absolute Gasteiger partial charge is 0.744 e. The average Bonchev–Trinajstić information content (AvgIpc) is 2.29. The standard InChI is InChI=1S/C12H9ClO3S/c13-10-7-5-9(6-8-10)11-3-1-2-4-12(11)17(14,15)16/h1-8H,(H,14,15,16)/p-1. The predicted octanol–water partition coefficient (Wildman–Crippen LogP) is 2.91. The molecule has 88 valence electrons. The lowest BCUT2D eigenvalue weighted by Gasteiger charge is -2.12. The molecule has 0 aliphatic rings. The Morgan fingerprint density at radius 2 is 1.53 bits per heavy atom. The Balaban J connectivity index is 2.64. The minimum atomic E-state index is -4.47. The van der Waals surface area contributed by atoms with Crippen LogP contribution in [0.5, 0.6) is 0 Å². The molecule has 0 unspecified atom stereocenters. The van der Waals surface area contributed by atoms with E-state index in [4.69, 9.17) is 11.6 Å². The zero-order chi connectivity index (χ0) is 12.5. The Kier molecular flexibility index (Phi) is 3.19. The van der Waals surface area contributed by atoms with Crippen molar-refractivity contribution in [1.82, 2.24) is 0 Å². The molecule has 0 bridgehead atoms. The number of hydrogen-bond donors (Lipinski definition) is 0. The van der Waals surface area contributed by atoms with Crippen molar-refractivity contribution in [2.45, 2.75) is 4.90 Å². The summed E-state index contributed by atoms with van der Waals surface area (Å²) in [5.41, 5.74) is 1.03. The van der Waals surface area contributed by atoms with Crippen LogP contribution in [0, 0.1) is 0 Å². The van der Waals surface area contributed by atoms with E-state index in [-0.39, 0.29) is 4.90 Å². The summed E-state index contributed by atoms with van der Waals surface area (Å²) in [6, 6.07) is 12.7. The van der Waals surface area contributed by atoms with Crippen molar-refractivity contribution in [2.75, 3.05) is 0 Å². The maximum Gasteiger partial charge on any atom is 0.125 e. The van der Waals surface area contributed by atoms with Gasteiger partial charge in [-0.1, -0.05) is 41.9 Å². The maximum atomic E-state index is 11.1. The second-order valence-electron chi connectivity index (χ2n) is 3.46. The van der Waals surface area contributed by atoms with E-state index in [9.17, 15) is 13.0 Å². The molecule has 0 spiro atoms. The molecule has 0 atom stereocenters. The van der Waals surface area contributed by atoms with Crippen LogP contribution in [-0.2, 0) is 10.1 Å². The van der Waals surface area contributed by atoms with Crippen molar-refractivity contribution in [2.24, 2.45) is 0 Å². The highest BCUT2D eigenvalue weighted by Gasteiger charge is 2.09. The highest BCUT2D eigenvalue weighted by atomic mass is 35.5. The van der Waals surface area contributed by atoms with E-state index in [1.165, 1.54) is 12.1 Å². The van der Waals surface area contributed by atoms with E-state index in [1.54, 1.807) is 36.4 Å². The van der Waals surface area contributed by atoms with Crippen molar-refractivity contribution in [3.05, 3.63) is 53.6 Å². The topological polar surface area (TPSA) is 57.2 Å². The highest BCUT2D eigenvalue weighted by Crippen LogP contribution is 2.27. The third-order valence-electron chi connectivity index (χ3n) is 2.31. The van der Waals surface area contributed by atoms with E-state index in [0.717, 1.165) is 0 Å². The first-order valence-electron chi connectivity index (χ1n) is 4.79. The Morgan fingerprint density at radius 1 is 0.941 bits per heavy atom. The summed E-state index contributed by atoms with van der Waals surface area (Å²) in [6.07, 6.45) is 0. The predicted molar refractivity (Wildman–Crippen MR) is 64.9 cm³/mol. The average molecular weight is 268 g/mol. The number of rotatable bonds is 2. The fraction of sp³-hybridized carbons (Fsp3) is 0. The molecule has 0 amide bonds. The van der Waals surface area contributed by atoms with Gasteiger partial charge >= 0.3 is 0 Å². The molecule has 0 aliphatic carbocycles. The molecule has 0 fully saturated rings. The molecule has 0 N–H and O–H groups in total. The molecule has 2 aromatic rings. The lowest BCUT2D eigenvalue weighted by molar-refractivity contribution is 0.463. The van der Waals surface area contributed by atoms with Gasteiger partial charge in [-0.25, -0.2) is 8.42 Å². The van der Waals surface area contributed by atoms with Crippen molar-refractivity contribution < 1.29 is 13.0 Å². The molecule has 3 nitrogen and oxygen atoms in total. The maximum absolute atomic E-state index is 11.1. The Bertz CT molecular complexity index is 633. The lowest BCUT2D eigenvalue weighted by Crippen LogP contribution is -2.00. The third-order valence-corrected chi connectivity index (χ3v) is 3.46. The van der Waals surface area contributed by atoms with Gasteiger partial charge in [0.25, 0.3) is 0 Å². The summed E-state index contributed by atoms with van der Waals surface area (Å²) in [5.74, 6) is 0. The second kappa shape index (κ2) is 4.49. The molecule has 0 aromatic heterocycles. The van der Waals surface area contributed by atoms with E-state index in [2.05, 4.69) is 0 Å². The van der Waals surface area contributed by atoms with Gasteiger partial charge in [0.2, 0.25) is 0 Å². The molecule has 17 heavy (non-hydrogen) atoms. The first-order valence-corrected chi connectivity index (χ1v) is 6.58. The van der Waals surface area contributed by atoms with Gasteiger partial charge < -0.3 is 4.55 Å². The van der Waals surface area contributed by atoms with Crippen LogP contribution >= 0.6 is 11.6 Å². The molecule has 2 rings (SSSR count). The molecule has 0 radical (unpaired) electrons. The van der Waals surface area contributed by atoms with Gasteiger partial charge in [-0.3, -0.25) is 0 Å². The Hall–Kier alpha value is -1.36. The van der Waals surface area contributed by atoms with Gasteiger partial charge in [-0.05, 0) is 29.3 Å². The summed E-state index contributed by atoms with van der Waals surface area (Å²) in [7, 11) is -4.47. The van der Waals surface area contributed by atoms with E-state index in [0.29, 0.717) is 16.1 Å². The molecular weight excluding hydrogens is 260 g/mol. The van der Waals surface area contributed by atoms with Crippen LogP contribution in [0.15, 0.2) is 53.4 Å². The van der Waals surface area contributed by atoms with Crippen LogP contribution in [0.1, 0.15) is 0 Å². The van der Waals surface area contributed by atoms with E-state index >= 15 is 0 Å². The van der Waals surface area contributed by atoms with Gasteiger partial charge in [-0.2, -0.15) is 0 Å². The summed E-state index contributed by atoms with van der Waals surface area (Å²) in [5, 5.41) is 0.552. The summed E-state index contributed by atoms with van der Waals surface area (Å²) < 4.78 is 33.3. The SMILES string of the molecule is O=S(=O)([O-])c1ccccc1-c1ccc(Cl)cc1. The van der Waals surface area contributed by atoms with Crippen LogP contribution in [0.2, 0.25) is 5.02 Å². The van der Waals surface area contributed by atoms with Gasteiger partial charge in [-0.15, -0.1) is 0 Å². The van der Waals surface area contributed by atoms with Crippen molar-refractivity contribution in [3.63, 3.8) is 0 Å². The Morgan fingerprint density at radius 3 is 2.12 bits per heavy atom. The van der Waals surface area contributed by atoms with Crippen molar-refractivity contribution in [1.29, 1.82) is 0 Å². The summed E-state index contributed by atoms with van der Waals surface area (Å²) >= 11 is 5.75. The summed E-state index contributed by atoms with van der Waals surface area (Å²) in [6.45, 7) is 0. The van der Waals surface area contributed by atoms with Crippen LogP contribution in [0.25, 0.3) is 11.1 Å². The zero-order valence-corrected chi connectivity index (χ0v) is 10.2. The normalized spacial score (nSPS) is 11.4. The van der Waals surface area contributed by atoms with Crippen molar-refractivity contribution >= 4 is 21.7 Å². The molecular formula is C12H8ClO3S-. The molecule has 5 heteroatoms. The Labute approximate surface area is 104 Å². The quantitative estimate of drug-likeness (QED) is 0.786. The van der Waals surface area contributed by atoms with Gasteiger partial charge in [0.15, 0.2) is 0 Å². The fourth-order valence-corrected chi connectivity index (χ4v) is 2.38. The van der Waals surface area contributed by atoms with Crippen LogP contribution in [0.3, 0.4) is 0 Å². The van der Waals surface area contributed by atoms with Crippen molar-refractivity contribution in [3.8, 4) is 11.1 Å². The molecule has 2 aromatic carbocycles. The van der Waals surface area contributed by atoms with E-state index in [1.807, 2.05) is 0 Å². The smallest absolute Gasteiger partial charge is 0.125 e. The number of benzene rings is 2. The number of halogens is 1. The van der Waals surface area contributed by atoms with Gasteiger partial charge in [0.05, 0.1) is 4.90 Å². The summed E-state index contributed by atoms with van der Waals surface area (Å²) in [4.78, 5) is -0.220. The lowest BCUT2D eigenvalue weighted by atomic mass is 10.1. The van der Waals surface area contributed by atoms with Gasteiger partial charge in [0, 0.05) is 5.02 Å². The first-order chi connectivity index (χ1) is 7.98. The monoisotopic (exact) mass is 267 g/mol. The minimum Gasteiger partial charge on any atom is -0.744 e. The van der Waals surface area contributed by atoms with Crippen LogP contribution in [0.4, 0.5) is 0 Å². The van der Waals surface area contributed by atoms with Crippen LogP contribution < -0.4 is 0 Å². The fourth-order valence-electron chi connectivity index (χ4n) is 1.55. The molecule has 0 aliphatic heterocycles. The zero-order valence-electron chi connectivity index (χ0n) is 8.63. The number of hydrogen-bond acceptors (Lipinski definition) is 3. The first kappa shape index (κ1) is 12.1. The third kappa shape index (κ3) is 2.66. The second-order valence-corrected chi connectivity index (χ2v) is 5.24. The van der Waals surface area contributed by atoms with Crippen LogP contribution in [-0.4, -0.2) is 13.0 Å². The molecule has 0 heterocycles. The highest BCUT2D eigenvalue weighted by molar-refractivity contribution is 7.85. The van der Waals surface area contributed by atoms with Gasteiger partial charge in [0.1, 0.15) is 10.1 Å². The van der Waals surface area contributed by atoms with E-state index < -0.39 is 10.1 Å². The minimum absolute atomic E-state index is 0.220. The molecule has 0 saturated heterocycles.